The summed E-state index contributed by atoms with van der Waals surface area (Å²) in [5, 5.41) is 13.1. The molecule has 0 saturated heterocycles. The number of nitrogens with two attached hydrogens (primary N) is 1. The first-order valence-corrected chi connectivity index (χ1v) is 13.6. The lowest BCUT2D eigenvalue weighted by Crippen LogP contribution is -2.34. The third-order valence-corrected chi connectivity index (χ3v) is 7.07. The van der Waals surface area contributed by atoms with Gasteiger partial charge in [-0.2, -0.15) is 5.10 Å². The van der Waals surface area contributed by atoms with E-state index in [1.807, 2.05) is 47.5 Å². The predicted octanol–water partition coefficient (Wildman–Crippen LogP) is 6.32. The Hall–Kier alpha value is -2.52. The van der Waals surface area contributed by atoms with Crippen LogP contribution in [-0.2, 0) is 0 Å². The van der Waals surface area contributed by atoms with E-state index < -0.39 is 0 Å². The molecule has 4 rings (SSSR count). The number of rotatable bonds is 9. The minimum absolute atomic E-state index is 0.0304. The summed E-state index contributed by atoms with van der Waals surface area (Å²) >= 11 is 8.85. The Morgan fingerprint density at radius 1 is 1.06 bits per heavy atom. The summed E-state index contributed by atoms with van der Waals surface area (Å²) in [6.07, 6.45) is 1.94. The van der Waals surface area contributed by atoms with Crippen LogP contribution in [0.4, 0.5) is 4.39 Å². The normalized spacial score (nSPS) is 15.9. The monoisotopic (exact) mass is 527 g/mol. The van der Waals surface area contributed by atoms with Gasteiger partial charge >= 0.3 is 0 Å². The number of hydrazone groups is 1. The van der Waals surface area contributed by atoms with Crippen LogP contribution in [-0.4, -0.2) is 35.5 Å². The SMILES string of the molecule is NSCCCCN=C(NSc1ccc(Cl)cc1)N1CC(c2ccccc2)C(c2ccc(F)cc2)=N1. The van der Waals surface area contributed by atoms with Crippen molar-refractivity contribution >= 4 is 47.2 Å². The second-order valence-electron chi connectivity index (χ2n) is 7.98. The highest BCUT2D eigenvalue weighted by Gasteiger charge is 2.31. The Kier molecular flexibility index (Phi) is 9.48. The van der Waals surface area contributed by atoms with Crippen LogP contribution in [0.2, 0.25) is 5.02 Å². The van der Waals surface area contributed by atoms with Crippen LogP contribution in [0.5, 0.6) is 0 Å². The molecule has 35 heavy (non-hydrogen) atoms. The zero-order valence-corrected chi connectivity index (χ0v) is 21.5. The first-order chi connectivity index (χ1) is 17.1. The molecule has 0 radical (unpaired) electrons. The Morgan fingerprint density at radius 2 is 1.80 bits per heavy atom. The van der Waals surface area contributed by atoms with E-state index in [0.29, 0.717) is 24.1 Å². The Bertz CT molecular complexity index is 1140. The van der Waals surface area contributed by atoms with Crippen molar-refractivity contribution in [1.29, 1.82) is 0 Å². The minimum Gasteiger partial charge on any atom is -0.295 e. The highest BCUT2D eigenvalue weighted by Crippen LogP contribution is 2.29. The van der Waals surface area contributed by atoms with Gasteiger partial charge in [0.2, 0.25) is 5.96 Å². The van der Waals surface area contributed by atoms with Crippen LogP contribution in [0.3, 0.4) is 0 Å². The zero-order chi connectivity index (χ0) is 24.5. The summed E-state index contributed by atoms with van der Waals surface area (Å²) < 4.78 is 17.0. The molecule has 3 N–H and O–H groups in total. The number of halogens is 2. The molecule has 1 aliphatic heterocycles. The quantitative estimate of drug-likeness (QED) is 0.147. The summed E-state index contributed by atoms with van der Waals surface area (Å²) in [7, 11) is 0. The summed E-state index contributed by atoms with van der Waals surface area (Å²) in [5.41, 5.74) is 2.94. The van der Waals surface area contributed by atoms with Gasteiger partial charge in [-0.15, -0.1) is 0 Å². The highest BCUT2D eigenvalue weighted by atomic mass is 35.5. The molecule has 5 nitrogen and oxygen atoms in total. The lowest BCUT2D eigenvalue weighted by atomic mass is 9.91. The van der Waals surface area contributed by atoms with Crippen molar-refractivity contribution in [2.75, 3.05) is 18.8 Å². The molecule has 1 atom stereocenters. The van der Waals surface area contributed by atoms with Gasteiger partial charge in [0.15, 0.2) is 0 Å². The van der Waals surface area contributed by atoms with Gasteiger partial charge in [0.1, 0.15) is 5.82 Å². The van der Waals surface area contributed by atoms with Crippen LogP contribution in [0.15, 0.2) is 93.9 Å². The van der Waals surface area contributed by atoms with Crippen molar-refractivity contribution in [3.05, 3.63) is 101 Å². The standard InChI is InChI=1S/C26H27ClFN5S2/c27-21-10-14-23(15-11-21)35-32-26(30-16-4-5-17-34-29)33-18-24(19-6-2-1-3-7-19)25(31-33)20-8-12-22(28)13-9-20/h1-3,6-15,24H,4-5,16-18,29H2,(H,30,32). The molecule has 1 aliphatic rings. The molecule has 3 aromatic rings. The van der Waals surface area contributed by atoms with E-state index in [4.69, 9.17) is 26.8 Å². The summed E-state index contributed by atoms with van der Waals surface area (Å²) in [5.74, 6) is 1.36. The van der Waals surface area contributed by atoms with Gasteiger partial charge in [-0.1, -0.05) is 66.0 Å². The van der Waals surface area contributed by atoms with Crippen LogP contribution in [0, 0.1) is 5.82 Å². The number of benzene rings is 3. The van der Waals surface area contributed by atoms with Crippen molar-refractivity contribution in [1.82, 2.24) is 9.73 Å². The van der Waals surface area contributed by atoms with Gasteiger partial charge in [-0.05, 0) is 72.3 Å². The molecule has 0 bridgehead atoms. The van der Waals surface area contributed by atoms with Gasteiger partial charge < -0.3 is 0 Å². The van der Waals surface area contributed by atoms with Crippen molar-refractivity contribution in [2.24, 2.45) is 15.2 Å². The third kappa shape index (κ3) is 7.24. The number of guanidine groups is 1. The molecular weight excluding hydrogens is 501 g/mol. The fourth-order valence-corrected chi connectivity index (χ4v) is 4.87. The molecule has 0 fully saturated rings. The number of hydrogen-bond acceptors (Lipinski definition) is 5. The van der Waals surface area contributed by atoms with Gasteiger partial charge in [0.25, 0.3) is 0 Å². The van der Waals surface area contributed by atoms with E-state index in [1.165, 1.54) is 36.0 Å². The van der Waals surface area contributed by atoms with Crippen molar-refractivity contribution in [3.8, 4) is 0 Å². The second-order valence-corrected chi connectivity index (χ2v) is 10.0. The highest BCUT2D eigenvalue weighted by molar-refractivity contribution is 7.98. The second kappa shape index (κ2) is 13.0. The van der Waals surface area contributed by atoms with E-state index in [9.17, 15) is 4.39 Å². The van der Waals surface area contributed by atoms with E-state index in [0.717, 1.165) is 40.3 Å². The summed E-state index contributed by atoms with van der Waals surface area (Å²) in [6, 6.07) is 24.4. The molecule has 9 heteroatoms. The zero-order valence-electron chi connectivity index (χ0n) is 19.1. The topological polar surface area (TPSA) is 66.0 Å². The van der Waals surface area contributed by atoms with Crippen LogP contribution >= 0.6 is 35.5 Å². The Labute approximate surface area is 219 Å². The predicted molar refractivity (Wildman–Crippen MR) is 147 cm³/mol. The molecule has 1 unspecified atom stereocenters. The average Bonchev–Trinajstić information content (AvgIpc) is 3.33. The molecular formula is C26H27ClFN5S2. The van der Waals surface area contributed by atoms with Crippen LogP contribution in [0.25, 0.3) is 0 Å². The van der Waals surface area contributed by atoms with Crippen LogP contribution in [0.1, 0.15) is 29.9 Å². The molecule has 0 spiro atoms. The first-order valence-electron chi connectivity index (χ1n) is 11.4. The summed E-state index contributed by atoms with van der Waals surface area (Å²) in [4.78, 5) is 5.86. The number of nitrogens with zero attached hydrogens (tertiary/aromatic N) is 3. The maximum atomic E-state index is 13.6. The van der Waals surface area contributed by atoms with E-state index in [1.54, 1.807) is 12.1 Å². The van der Waals surface area contributed by atoms with Crippen molar-refractivity contribution < 1.29 is 4.39 Å². The third-order valence-electron chi connectivity index (χ3n) is 5.51. The number of aliphatic imine (C=N–C) groups is 1. The minimum atomic E-state index is -0.264. The molecule has 0 amide bonds. The van der Waals surface area contributed by atoms with Crippen LogP contribution < -0.4 is 9.86 Å². The molecule has 0 aromatic heterocycles. The number of unbranched alkanes of at least 4 members (excludes halogenated alkanes) is 1. The molecule has 182 valence electrons. The Balaban J connectivity index is 1.60. The van der Waals surface area contributed by atoms with Gasteiger partial charge in [0.05, 0.1) is 12.3 Å². The first kappa shape index (κ1) is 25.6. The molecule has 0 aliphatic carbocycles. The van der Waals surface area contributed by atoms with Crippen molar-refractivity contribution in [2.45, 2.75) is 23.7 Å². The summed E-state index contributed by atoms with van der Waals surface area (Å²) in [6.45, 7) is 1.29. The molecule has 3 aromatic carbocycles. The smallest absolute Gasteiger partial charge is 0.225 e. The fraction of sp³-hybridized carbons (Fsp3) is 0.231. The maximum absolute atomic E-state index is 13.6. The lowest BCUT2D eigenvalue weighted by Gasteiger charge is -2.19. The van der Waals surface area contributed by atoms with E-state index in [-0.39, 0.29) is 11.7 Å². The van der Waals surface area contributed by atoms with Crippen molar-refractivity contribution in [3.63, 3.8) is 0 Å². The lowest BCUT2D eigenvalue weighted by molar-refractivity contribution is 0.463. The fourth-order valence-electron chi connectivity index (χ4n) is 3.72. The molecule has 0 saturated carbocycles. The number of nitrogens with one attached hydrogen (secondary N) is 1. The van der Waals surface area contributed by atoms with E-state index in [2.05, 4.69) is 16.9 Å². The largest absolute Gasteiger partial charge is 0.295 e. The van der Waals surface area contributed by atoms with Gasteiger partial charge in [-0.3, -0.25) is 14.9 Å². The number of hydrogen-bond donors (Lipinski definition) is 2. The average molecular weight is 528 g/mol. The van der Waals surface area contributed by atoms with Gasteiger partial charge in [0, 0.05) is 28.1 Å². The van der Waals surface area contributed by atoms with E-state index >= 15 is 0 Å². The molecule has 1 heterocycles. The Morgan fingerprint density at radius 3 is 2.51 bits per heavy atom. The van der Waals surface area contributed by atoms with Gasteiger partial charge in [-0.25, -0.2) is 9.40 Å². The maximum Gasteiger partial charge on any atom is 0.225 e.